The van der Waals surface area contributed by atoms with Crippen LogP contribution in [0.25, 0.3) is 16.7 Å². The van der Waals surface area contributed by atoms with E-state index >= 15 is 0 Å². The van der Waals surface area contributed by atoms with Gasteiger partial charge in [0.15, 0.2) is 0 Å². The lowest BCUT2D eigenvalue weighted by molar-refractivity contribution is 0.617. The molecule has 0 radical (unpaired) electrons. The van der Waals surface area contributed by atoms with Gasteiger partial charge in [-0.25, -0.2) is 9.37 Å². The van der Waals surface area contributed by atoms with E-state index in [9.17, 15) is 4.39 Å². The van der Waals surface area contributed by atoms with Crippen molar-refractivity contribution >= 4 is 61.2 Å². The van der Waals surface area contributed by atoms with E-state index in [0.29, 0.717) is 11.5 Å². The quantitative estimate of drug-likeness (QED) is 0.373. The van der Waals surface area contributed by atoms with E-state index in [2.05, 4.69) is 43.5 Å². The molecule has 0 aliphatic carbocycles. The molecule has 3 rings (SSSR count). The minimum Gasteiger partial charge on any atom is -0.292 e. The van der Waals surface area contributed by atoms with Gasteiger partial charge in [0.05, 0.1) is 22.6 Å². The molecular formula is C14H8BrClFIN2. The van der Waals surface area contributed by atoms with Gasteiger partial charge < -0.3 is 0 Å². The summed E-state index contributed by atoms with van der Waals surface area (Å²) in [5, 5.41) is 0. The Balaban J connectivity index is 2.37. The first-order valence-corrected chi connectivity index (χ1v) is 8.19. The lowest BCUT2D eigenvalue weighted by Gasteiger charge is -2.09. The van der Waals surface area contributed by atoms with Crippen molar-refractivity contribution in [3.63, 3.8) is 0 Å². The number of benzene rings is 2. The van der Waals surface area contributed by atoms with E-state index in [1.54, 1.807) is 16.7 Å². The molecule has 0 atom stereocenters. The molecule has 20 heavy (non-hydrogen) atoms. The fourth-order valence-electron chi connectivity index (χ4n) is 2.12. The van der Waals surface area contributed by atoms with Gasteiger partial charge in [-0.1, -0.05) is 15.9 Å². The molecular weight excluding hydrogens is 457 g/mol. The van der Waals surface area contributed by atoms with Crippen molar-refractivity contribution in [2.45, 2.75) is 5.88 Å². The molecule has 2 nitrogen and oxygen atoms in total. The maximum absolute atomic E-state index is 14.1. The van der Waals surface area contributed by atoms with Gasteiger partial charge in [-0.05, 0) is 59.0 Å². The monoisotopic (exact) mass is 464 g/mol. The van der Waals surface area contributed by atoms with Gasteiger partial charge in [0.25, 0.3) is 0 Å². The third kappa shape index (κ3) is 2.46. The lowest BCUT2D eigenvalue weighted by atomic mass is 10.2. The SMILES string of the molecule is Fc1ccc(Br)cc1-n1c(CCl)nc2cc(I)ccc21. The van der Waals surface area contributed by atoms with Crippen LogP contribution in [0.1, 0.15) is 5.82 Å². The summed E-state index contributed by atoms with van der Waals surface area (Å²) in [4.78, 5) is 4.48. The summed E-state index contributed by atoms with van der Waals surface area (Å²) in [5.41, 5.74) is 2.10. The fraction of sp³-hybridized carbons (Fsp3) is 0.0714. The summed E-state index contributed by atoms with van der Waals surface area (Å²) < 4.78 is 17.8. The second kappa shape index (κ2) is 5.61. The first kappa shape index (κ1) is 14.3. The van der Waals surface area contributed by atoms with E-state index in [-0.39, 0.29) is 11.7 Å². The second-order valence-electron chi connectivity index (χ2n) is 4.23. The zero-order chi connectivity index (χ0) is 14.3. The van der Waals surface area contributed by atoms with Gasteiger partial charge in [-0.15, -0.1) is 11.6 Å². The van der Waals surface area contributed by atoms with Gasteiger partial charge in [-0.3, -0.25) is 4.57 Å². The normalized spacial score (nSPS) is 11.2. The molecule has 0 bridgehead atoms. The molecule has 2 aromatic carbocycles. The maximum Gasteiger partial charge on any atom is 0.147 e. The minimum atomic E-state index is -0.308. The molecule has 0 N–H and O–H groups in total. The number of nitrogens with zero attached hydrogens (tertiary/aromatic N) is 2. The third-order valence-corrected chi connectivity index (χ3v) is 4.36. The molecule has 0 aliphatic rings. The zero-order valence-electron chi connectivity index (χ0n) is 10.1. The number of aromatic nitrogens is 2. The molecule has 0 spiro atoms. The van der Waals surface area contributed by atoms with Crippen molar-refractivity contribution in [1.82, 2.24) is 9.55 Å². The number of hydrogen-bond donors (Lipinski definition) is 0. The summed E-state index contributed by atoms with van der Waals surface area (Å²) in [6, 6.07) is 10.7. The third-order valence-electron chi connectivity index (χ3n) is 2.95. The Kier molecular flexibility index (Phi) is 4.01. The Morgan fingerprint density at radius 2 is 2.05 bits per heavy atom. The molecule has 102 valence electrons. The van der Waals surface area contributed by atoms with Gasteiger partial charge in [0.2, 0.25) is 0 Å². The number of imidazole rings is 1. The van der Waals surface area contributed by atoms with E-state index < -0.39 is 0 Å². The van der Waals surface area contributed by atoms with E-state index in [1.807, 2.05) is 18.2 Å². The molecule has 0 aliphatic heterocycles. The van der Waals surface area contributed by atoms with Crippen LogP contribution in [0.15, 0.2) is 40.9 Å². The zero-order valence-corrected chi connectivity index (χ0v) is 14.6. The molecule has 0 saturated carbocycles. The molecule has 1 aromatic heterocycles. The second-order valence-corrected chi connectivity index (χ2v) is 6.65. The first-order valence-electron chi connectivity index (χ1n) is 5.78. The highest BCUT2D eigenvalue weighted by molar-refractivity contribution is 14.1. The highest BCUT2D eigenvalue weighted by Gasteiger charge is 2.15. The summed E-state index contributed by atoms with van der Waals surface area (Å²) in [6.45, 7) is 0. The van der Waals surface area contributed by atoms with Gasteiger partial charge in [0.1, 0.15) is 11.6 Å². The topological polar surface area (TPSA) is 17.8 Å². The summed E-state index contributed by atoms with van der Waals surface area (Å²) in [6.07, 6.45) is 0. The van der Waals surface area contributed by atoms with Crippen LogP contribution in [-0.4, -0.2) is 9.55 Å². The van der Waals surface area contributed by atoms with Crippen molar-refractivity contribution in [2.24, 2.45) is 0 Å². The number of rotatable bonds is 2. The predicted octanol–water partition coefficient (Wildman–Crippen LogP) is 5.27. The minimum absolute atomic E-state index is 0.219. The highest BCUT2D eigenvalue weighted by Crippen LogP contribution is 2.27. The average molecular weight is 465 g/mol. The lowest BCUT2D eigenvalue weighted by Crippen LogP contribution is -2.02. The Morgan fingerprint density at radius 1 is 1.25 bits per heavy atom. The van der Waals surface area contributed by atoms with E-state index in [0.717, 1.165) is 19.1 Å². The number of fused-ring (bicyclic) bond motifs is 1. The van der Waals surface area contributed by atoms with Crippen LogP contribution in [0.2, 0.25) is 0 Å². The van der Waals surface area contributed by atoms with Gasteiger partial charge in [0, 0.05) is 8.04 Å². The van der Waals surface area contributed by atoms with E-state index in [4.69, 9.17) is 11.6 Å². The molecule has 0 unspecified atom stereocenters. The number of alkyl halides is 1. The molecule has 0 saturated heterocycles. The van der Waals surface area contributed by atoms with Gasteiger partial charge >= 0.3 is 0 Å². The van der Waals surface area contributed by atoms with E-state index in [1.165, 1.54) is 6.07 Å². The maximum atomic E-state index is 14.1. The highest BCUT2D eigenvalue weighted by atomic mass is 127. The number of hydrogen-bond acceptors (Lipinski definition) is 1. The van der Waals surface area contributed by atoms with Crippen LogP contribution < -0.4 is 0 Å². The fourth-order valence-corrected chi connectivity index (χ4v) is 3.12. The van der Waals surface area contributed by atoms with Crippen molar-refractivity contribution in [1.29, 1.82) is 0 Å². The van der Waals surface area contributed by atoms with Gasteiger partial charge in [-0.2, -0.15) is 0 Å². The van der Waals surface area contributed by atoms with Crippen LogP contribution >= 0.6 is 50.1 Å². The Morgan fingerprint density at radius 3 is 2.80 bits per heavy atom. The summed E-state index contributed by atoms with van der Waals surface area (Å²) in [7, 11) is 0. The first-order chi connectivity index (χ1) is 9.60. The van der Waals surface area contributed by atoms with Crippen molar-refractivity contribution < 1.29 is 4.39 Å². The Hall–Kier alpha value is -0.660. The van der Waals surface area contributed by atoms with Crippen molar-refractivity contribution in [2.75, 3.05) is 0 Å². The summed E-state index contributed by atoms with van der Waals surface area (Å²) in [5.74, 6) is 0.537. The summed E-state index contributed by atoms with van der Waals surface area (Å²) >= 11 is 11.6. The largest absolute Gasteiger partial charge is 0.292 e. The van der Waals surface area contributed by atoms with Crippen LogP contribution in [-0.2, 0) is 5.88 Å². The van der Waals surface area contributed by atoms with Crippen LogP contribution in [0.4, 0.5) is 4.39 Å². The Labute approximate surface area is 142 Å². The average Bonchev–Trinajstić information content (AvgIpc) is 2.78. The predicted molar refractivity (Wildman–Crippen MR) is 91.0 cm³/mol. The molecule has 1 heterocycles. The standard InChI is InChI=1S/C14H8BrClFIN2/c15-8-1-3-10(17)13(5-8)20-12-4-2-9(18)6-11(12)19-14(20)7-16/h1-6H,7H2. The molecule has 0 fully saturated rings. The molecule has 0 amide bonds. The molecule has 3 aromatic rings. The van der Waals surface area contributed by atoms with Crippen LogP contribution in [0.5, 0.6) is 0 Å². The number of halogens is 4. The molecule has 6 heteroatoms. The van der Waals surface area contributed by atoms with Crippen LogP contribution in [0.3, 0.4) is 0 Å². The smallest absolute Gasteiger partial charge is 0.147 e. The van der Waals surface area contributed by atoms with Crippen LogP contribution in [0, 0.1) is 9.39 Å². The van der Waals surface area contributed by atoms with Crippen molar-refractivity contribution in [3.05, 3.63) is 56.1 Å². The Bertz CT molecular complexity index is 803. The van der Waals surface area contributed by atoms with Crippen molar-refractivity contribution in [3.8, 4) is 5.69 Å².